The lowest BCUT2D eigenvalue weighted by atomic mass is 9.89. The van der Waals surface area contributed by atoms with Gasteiger partial charge >= 0.3 is 0 Å². The molecule has 1 unspecified atom stereocenters. The van der Waals surface area contributed by atoms with E-state index in [1.165, 1.54) is 5.56 Å². The normalized spacial score (nSPS) is 25.1. The Morgan fingerprint density at radius 3 is 2.82 bits per heavy atom. The SMILES string of the molecule is CC1(C(N)=O)CCN(Cc2ccccc2Br)C1. The predicted octanol–water partition coefficient (Wildman–Crippen LogP) is 2.15. The van der Waals surface area contributed by atoms with Gasteiger partial charge in [-0.25, -0.2) is 0 Å². The average Bonchev–Trinajstić information content (AvgIpc) is 2.65. The zero-order chi connectivity index (χ0) is 12.5. The van der Waals surface area contributed by atoms with E-state index in [0.29, 0.717) is 0 Å². The van der Waals surface area contributed by atoms with Crippen molar-refractivity contribution in [3.8, 4) is 0 Å². The third-order valence-corrected chi connectivity index (χ3v) is 4.27. The molecule has 1 saturated heterocycles. The minimum atomic E-state index is -0.360. The van der Waals surface area contributed by atoms with Crippen LogP contribution in [0.3, 0.4) is 0 Å². The highest BCUT2D eigenvalue weighted by molar-refractivity contribution is 9.10. The van der Waals surface area contributed by atoms with Crippen molar-refractivity contribution in [1.29, 1.82) is 0 Å². The maximum Gasteiger partial charge on any atom is 0.224 e. The van der Waals surface area contributed by atoms with Gasteiger partial charge in [0.1, 0.15) is 0 Å². The second-order valence-electron chi connectivity index (χ2n) is 4.98. The summed E-state index contributed by atoms with van der Waals surface area (Å²) in [5.74, 6) is -0.188. The van der Waals surface area contributed by atoms with Crippen LogP contribution in [0.5, 0.6) is 0 Å². The average molecular weight is 297 g/mol. The molecule has 2 N–H and O–H groups in total. The number of nitrogens with zero attached hydrogens (tertiary/aromatic N) is 1. The van der Waals surface area contributed by atoms with Gasteiger partial charge in [0.15, 0.2) is 0 Å². The van der Waals surface area contributed by atoms with Gasteiger partial charge in [-0.1, -0.05) is 34.1 Å². The Morgan fingerprint density at radius 1 is 1.53 bits per heavy atom. The van der Waals surface area contributed by atoms with E-state index in [2.05, 4.69) is 26.9 Å². The monoisotopic (exact) mass is 296 g/mol. The maximum absolute atomic E-state index is 11.4. The smallest absolute Gasteiger partial charge is 0.224 e. The molecule has 0 bridgehead atoms. The molecule has 1 atom stereocenters. The summed E-state index contributed by atoms with van der Waals surface area (Å²) in [4.78, 5) is 13.7. The Morgan fingerprint density at radius 2 is 2.24 bits per heavy atom. The molecule has 0 aromatic heterocycles. The molecule has 1 amide bonds. The van der Waals surface area contributed by atoms with Crippen molar-refractivity contribution in [2.45, 2.75) is 19.9 Å². The van der Waals surface area contributed by atoms with Crippen molar-refractivity contribution in [3.63, 3.8) is 0 Å². The molecule has 1 aliphatic heterocycles. The highest BCUT2D eigenvalue weighted by Crippen LogP contribution is 2.31. The van der Waals surface area contributed by atoms with Crippen LogP contribution in [0.4, 0.5) is 0 Å². The molecule has 1 heterocycles. The molecule has 1 fully saturated rings. The van der Waals surface area contributed by atoms with Crippen molar-refractivity contribution < 1.29 is 4.79 Å². The fourth-order valence-electron chi connectivity index (χ4n) is 2.26. The lowest BCUT2D eigenvalue weighted by molar-refractivity contribution is -0.126. The fraction of sp³-hybridized carbons (Fsp3) is 0.462. The van der Waals surface area contributed by atoms with Crippen LogP contribution in [-0.4, -0.2) is 23.9 Å². The quantitative estimate of drug-likeness (QED) is 0.929. The molecule has 92 valence electrons. The van der Waals surface area contributed by atoms with E-state index in [-0.39, 0.29) is 11.3 Å². The predicted molar refractivity (Wildman–Crippen MR) is 71.3 cm³/mol. The maximum atomic E-state index is 11.4. The second-order valence-corrected chi connectivity index (χ2v) is 5.83. The Bertz CT molecular complexity index is 435. The Hall–Kier alpha value is -0.870. The van der Waals surface area contributed by atoms with Gasteiger partial charge in [0.05, 0.1) is 5.41 Å². The summed E-state index contributed by atoms with van der Waals surface area (Å²) in [5, 5.41) is 0. The number of carbonyl (C=O) groups excluding carboxylic acids is 1. The minimum Gasteiger partial charge on any atom is -0.369 e. The molecule has 0 radical (unpaired) electrons. The Kier molecular flexibility index (Phi) is 3.54. The van der Waals surface area contributed by atoms with Crippen molar-refractivity contribution in [1.82, 2.24) is 4.90 Å². The second kappa shape index (κ2) is 4.78. The molecule has 0 spiro atoms. The number of nitrogens with two attached hydrogens (primary N) is 1. The number of hydrogen-bond donors (Lipinski definition) is 1. The first-order chi connectivity index (χ1) is 8.01. The Labute approximate surface area is 110 Å². The van der Waals surface area contributed by atoms with E-state index < -0.39 is 0 Å². The number of amides is 1. The zero-order valence-corrected chi connectivity index (χ0v) is 11.5. The first-order valence-corrected chi connectivity index (χ1v) is 6.56. The van der Waals surface area contributed by atoms with Crippen molar-refractivity contribution in [2.75, 3.05) is 13.1 Å². The van der Waals surface area contributed by atoms with E-state index in [1.54, 1.807) is 0 Å². The first kappa shape index (κ1) is 12.6. The molecule has 4 heteroatoms. The molecule has 1 aromatic carbocycles. The largest absolute Gasteiger partial charge is 0.369 e. The molecule has 0 saturated carbocycles. The minimum absolute atomic E-state index is 0.188. The first-order valence-electron chi connectivity index (χ1n) is 5.77. The van der Waals surface area contributed by atoms with Crippen LogP contribution >= 0.6 is 15.9 Å². The topological polar surface area (TPSA) is 46.3 Å². The highest BCUT2D eigenvalue weighted by Gasteiger charge is 2.38. The summed E-state index contributed by atoms with van der Waals surface area (Å²) in [7, 11) is 0. The summed E-state index contributed by atoms with van der Waals surface area (Å²) in [6.45, 7) is 4.50. The van der Waals surface area contributed by atoms with Gasteiger partial charge < -0.3 is 5.73 Å². The lowest BCUT2D eigenvalue weighted by Gasteiger charge is -2.21. The molecule has 0 aliphatic carbocycles. The molecule has 1 aromatic rings. The molecular formula is C13H17BrN2O. The van der Waals surface area contributed by atoms with E-state index in [1.807, 2.05) is 25.1 Å². The van der Waals surface area contributed by atoms with E-state index in [4.69, 9.17) is 5.73 Å². The number of primary amides is 1. The molecule has 3 nitrogen and oxygen atoms in total. The summed E-state index contributed by atoms with van der Waals surface area (Å²) in [5.41, 5.74) is 6.33. The standard InChI is InChI=1S/C13H17BrN2O/c1-13(12(15)17)6-7-16(9-13)8-10-4-2-3-5-11(10)14/h2-5H,6-9H2,1H3,(H2,15,17). The number of benzene rings is 1. The van der Waals surface area contributed by atoms with Gasteiger partial charge in [0, 0.05) is 17.6 Å². The summed E-state index contributed by atoms with van der Waals surface area (Å²) < 4.78 is 1.12. The van der Waals surface area contributed by atoms with Crippen LogP contribution < -0.4 is 5.73 Å². The van der Waals surface area contributed by atoms with E-state index in [0.717, 1.165) is 30.5 Å². The van der Waals surface area contributed by atoms with Gasteiger partial charge in [0.2, 0.25) is 5.91 Å². The number of carbonyl (C=O) groups is 1. The zero-order valence-electron chi connectivity index (χ0n) is 9.95. The fourth-order valence-corrected chi connectivity index (χ4v) is 2.67. The van der Waals surface area contributed by atoms with Crippen molar-refractivity contribution in [3.05, 3.63) is 34.3 Å². The summed E-state index contributed by atoms with van der Waals surface area (Å²) in [6.07, 6.45) is 0.854. The van der Waals surface area contributed by atoms with Crippen LogP contribution in [0.25, 0.3) is 0 Å². The van der Waals surface area contributed by atoms with Crippen LogP contribution in [0.1, 0.15) is 18.9 Å². The van der Waals surface area contributed by atoms with Gasteiger partial charge in [-0.3, -0.25) is 9.69 Å². The van der Waals surface area contributed by atoms with Crippen LogP contribution in [0, 0.1) is 5.41 Å². The van der Waals surface area contributed by atoms with Gasteiger partial charge in [-0.15, -0.1) is 0 Å². The van der Waals surface area contributed by atoms with Gasteiger partial charge in [-0.2, -0.15) is 0 Å². The third-order valence-electron chi connectivity index (χ3n) is 3.50. The molecule has 17 heavy (non-hydrogen) atoms. The van der Waals surface area contributed by atoms with Crippen LogP contribution in [0.15, 0.2) is 28.7 Å². The van der Waals surface area contributed by atoms with Crippen LogP contribution in [-0.2, 0) is 11.3 Å². The number of likely N-dealkylation sites (tertiary alicyclic amines) is 1. The third kappa shape index (κ3) is 2.69. The molecular weight excluding hydrogens is 280 g/mol. The summed E-state index contributed by atoms with van der Waals surface area (Å²) in [6, 6.07) is 8.18. The Balaban J connectivity index is 2.04. The van der Waals surface area contributed by atoms with Gasteiger partial charge in [0.25, 0.3) is 0 Å². The van der Waals surface area contributed by atoms with Crippen molar-refractivity contribution >= 4 is 21.8 Å². The number of rotatable bonds is 3. The van der Waals surface area contributed by atoms with E-state index in [9.17, 15) is 4.79 Å². The lowest BCUT2D eigenvalue weighted by Crippen LogP contribution is -2.36. The molecule has 2 rings (SSSR count). The number of hydrogen-bond acceptors (Lipinski definition) is 2. The van der Waals surface area contributed by atoms with Crippen LogP contribution in [0.2, 0.25) is 0 Å². The summed E-state index contributed by atoms with van der Waals surface area (Å²) >= 11 is 3.54. The van der Waals surface area contributed by atoms with Gasteiger partial charge in [-0.05, 0) is 31.5 Å². The highest BCUT2D eigenvalue weighted by atomic mass is 79.9. The van der Waals surface area contributed by atoms with Crippen molar-refractivity contribution in [2.24, 2.45) is 11.1 Å². The molecule has 1 aliphatic rings. The van der Waals surface area contributed by atoms with E-state index >= 15 is 0 Å². The number of halogens is 1.